The van der Waals surface area contributed by atoms with Crippen molar-refractivity contribution in [3.63, 3.8) is 0 Å². The Bertz CT molecular complexity index is 1950. The van der Waals surface area contributed by atoms with E-state index in [0.29, 0.717) is 11.6 Å². The molecule has 2 aromatic carbocycles. The third-order valence-corrected chi connectivity index (χ3v) is 9.75. The van der Waals surface area contributed by atoms with Crippen LogP contribution in [0.25, 0.3) is 33.6 Å². The number of H-pyrrole nitrogens is 2. The van der Waals surface area contributed by atoms with E-state index in [-0.39, 0.29) is 35.8 Å². The minimum absolute atomic E-state index is 0.0494. The van der Waals surface area contributed by atoms with Crippen molar-refractivity contribution in [3.05, 3.63) is 71.6 Å². The average molecular weight is 743 g/mol. The zero-order valence-corrected chi connectivity index (χ0v) is 32.7. The van der Waals surface area contributed by atoms with E-state index in [4.69, 9.17) is 20.2 Å². The molecular formula is C40H54N8O6. The predicted molar refractivity (Wildman–Crippen MR) is 208 cm³/mol. The van der Waals surface area contributed by atoms with Crippen LogP contribution in [0.1, 0.15) is 90.2 Å². The lowest BCUT2D eigenvalue weighted by Crippen LogP contribution is -2.50. The highest BCUT2D eigenvalue weighted by atomic mass is 16.4. The normalized spacial score (nSPS) is 14.0. The van der Waals surface area contributed by atoms with Crippen LogP contribution in [0.3, 0.4) is 0 Å². The molecule has 54 heavy (non-hydrogen) atoms. The van der Waals surface area contributed by atoms with Gasteiger partial charge in [0.2, 0.25) is 11.8 Å². The molecule has 4 aromatic rings. The summed E-state index contributed by atoms with van der Waals surface area (Å²) in [4.78, 5) is 63.9. The Morgan fingerprint density at radius 1 is 0.556 bits per heavy atom. The molecule has 0 aliphatic carbocycles. The van der Waals surface area contributed by atoms with Crippen molar-refractivity contribution in [3.8, 4) is 33.6 Å². The highest BCUT2D eigenvalue weighted by Crippen LogP contribution is 2.34. The Balaban J connectivity index is 1.54. The van der Waals surface area contributed by atoms with E-state index in [2.05, 4.69) is 58.7 Å². The molecule has 0 aliphatic heterocycles. The molecule has 0 saturated heterocycles. The third kappa shape index (κ3) is 9.79. The largest absolute Gasteiger partial charge is 0.465 e. The number of rotatable bonds is 15. The number of benzene rings is 2. The van der Waals surface area contributed by atoms with Crippen molar-refractivity contribution in [2.75, 3.05) is 0 Å². The van der Waals surface area contributed by atoms with Crippen LogP contribution in [0.2, 0.25) is 0 Å². The number of imidazole rings is 2. The van der Waals surface area contributed by atoms with E-state index in [1.54, 1.807) is 0 Å². The number of nitrogens with one attached hydrogen (secondary N) is 6. The van der Waals surface area contributed by atoms with Crippen molar-refractivity contribution in [2.45, 2.75) is 93.4 Å². The van der Waals surface area contributed by atoms with Crippen LogP contribution in [-0.2, 0) is 9.59 Å². The highest BCUT2D eigenvalue weighted by molar-refractivity contribution is 5.95. The topological polar surface area (TPSA) is 214 Å². The number of aromatic amines is 2. The van der Waals surface area contributed by atoms with Gasteiger partial charge in [-0.1, -0.05) is 91.8 Å². The second-order valence-electron chi connectivity index (χ2n) is 15.1. The molecule has 290 valence electrons. The Kier molecular flexibility index (Phi) is 13.5. The first-order chi connectivity index (χ1) is 25.4. The van der Waals surface area contributed by atoms with E-state index in [9.17, 15) is 19.2 Å². The molecule has 14 nitrogen and oxygen atoms in total. The zero-order valence-electron chi connectivity index (χ0n) is 32.7. The second-order valence-corrected chi connectivity index (χ2v) is 15.1. The quantitative estimate of drug-likeness (QED) is 0.0627. The molecule has 14 heteroatoms. The molecule has 2 heterocycles. The van der Waals surface area contributed by atoms with E-state index in [0.717, 1.165) is 44.8 Å². The SMILES string of the molecule is Cc1c(-c2ccc(-c3c[nH]c(C(NC(C(=O)NC(=O)O)C(C)C)C(C)C)n3)cc2)ccc(-c2c[nH]c([C@H](N[C@H](C(=O)NC(=O)O)C(C)C)C(C)C)n2)c1C. The lowest BCUT2D eigenvalue weighted by molar-refractivity contribution is -0.124. The van der Waals surface area contributed by atoms with Gasteiger partial charge in [-0.2, -0.15) is 0 Å². The van der Waals surface area contributed by atoms with Gasteiger partial charge in [0, 0.05) is 23.5 Å². The summed E-state index contributed by atoms with van der Waals surface area (Å²) < 4.78 is 0. The van der Waals surface area contributed by atoms with E-state index in [1.807, 2.05) is 90.5 Å². The number of carbonyl (C=O) groups is 4. The summed E-state index contributed by atoms with van der Waals surface area (Å²) in [6, 6.07) is 10.2. The number of hydrogen-bond donors (Lipinski definition) is 8. The monoisotopic (exact) mass is 742 g/mol. The summed E-state index contributed by atoms with van der Waals surface area (Å²) in [5.41, 5.74) is 7.69. The fourth-order valence-corrected chi connectivity index (χ4v) is 6.58. The fraction of sp³-hybridized carbons (Fsp3) is 0.450. The number of carbonyl (C=O) groups excluding carboxylic acids is 2. The first-order valence-corrected chi connectivity index (χ1v) is 18.3. The molecule has 0 fully saturated rings. The summed E-state index contributed by atoms with van der Waals surface area (Å²) in [6.45, 7) is 19.7. The molecule has 2 aromatic heterocycles. The predicted octanol–water partition coefficient (Wildman–Crippen LogP) is 6.96. The van der Waals surface area contributed by atoms with Crippen LogP contribution < -0.4 is 21.3 Å². The van der Waals surface area contributed by atoms with Crippen molar-refractivity contribution in [1.82, 2.24) is 41.2 Å². The molecule has 8 N–H and O–H groups in total. The van der Waals surface area contributed by atoms with Gasteiger partial charge in [-0.25, -0.2) is 19.6 Å². The summed E-state index contributed by atoms with van der Waals surface area (Å²) in [5.74, 6) is -0.106. The summed E-state index contributed by atoms with van der Waals surface area (Å²) >= 11 is 0. The molecule has 4 atom stereocenters. The van der Waals surface area contributed by atoms with Crippen molar-refractivity contribution in [2.24, 2.45) is 23.7 Å². The van der Waals surface area contributed by atoms with Crippen LogP contribution in [0.5, 0.6) is 0 Å². The molecule has 4 amide bonds. The minimum atomic E-state index is -1.39. The van der Waals surface area contributed by atoms with Gasteiger partial charge >= 0.3 is 12.2 Å². The summed E-state index contributed by atoms with van der Waals surface area (Å²) in [6.07, 6.45) is 0.913. The van der Waals surface area contributed by atoms with Gasteiger partial charge < -0.3 is 20.2 Å². The number of nitrogens with zero attached hydrogens (tertiary/aromatic N) is 2. The second kappa shape index (κ2) is 17.7. The van der Waals surface area contributed by atoms with Crippen LogP contribution >= 0.6 is 0 Å². The van der Waals surface area contributed by atoms with E-state index in [1.165, 1.54) is 0 Å². The van der Waals surface area contributed by atoms with Crippen LogP contribution in [0.15, 0.2) is 48.8 Å². The Morgan fingerprint density at radius 2 is 0.944 bits per heavy atom. The van der Waals surface area contributed by atoms with Crippen molar-refractivity contribution >= 4 is 24.0 Å². The molecule has 0 saturated carbocycles. The number of carboxylic acid groups (broad SMARTS) is 2. The summed E-state index contributed by atoms with van der Waals surface area (Å²) in [7, 11) is 0. The maximum atomic E-state index is 12.7. The van der Waals surface area contributed by atoms with Crippen molar-refractivity contribution in [1.29, 1.82) is 0 Å². The number of hydrogen-bond acceptors (Lipinski definition) is 8. The first kappa shape index (κ1) is 41.4. The lowest BCUT2D eigenvalue weighted by Gasteiger charge is -2.28. The standard InChI is InChI=1S/C40H54N8O6/c1-19(2)31(45-33(21(5)6)37(49)47-39(51)52)35-41-17-29(43-35)26-13-11-25(12-14-26)27-15-16-28(24(10)23(27)9)30-18-42-36(44-30)32(20(3)4)46-34(22(7)8)38(50)48-40(53)54/h11-22,31-34,45-46H,1-10H3,(H,41,43)(H,42,44)(H,47,49)(H,48,50)(H,51,52)(H,53,54)/t31?,32-,33?,34+/m1/s1. The van der Waals surface area contributed by atoms with Crippen LogP contribution in [-0.4, -0.2) is 66.2 Å². The van der Waals surface area contributed by atoms with Gasteiger partial charge in [0.15, 0.2) is 0 Å². The lowest BCUT2D eigenvalue weighted by atomic mass is 9.92. The third-order valence-electron chi connectivity index (χ3n) is 9.75. The molecule has 2 unspecified atom stereocenters. The Morgan fingerprint density at radius 3 is 1.37 bits per heavy atom. The van der Waals surface area contributed by atoms with Crippen LogP contribution in [0, 0.1) is 37.5 Å². The van der Waals surface area contributed by atoms with E-state index < -0.39 is 36.1 Å². The molecule has 0 aliphatic rings. The summed E-state index contributed by atoms with van der Waals surface area (Å²) in [5, 5.41) is 28.8. The van der Waals surface area contributed by atoms with Crippen LogP contribution in [0.4, 0.5) is 9.59 Å². The van der Waals surface area contributed by atoms with Gasteiger partial charge in [0.05, 0.1) is 35.6 Å². The smallest absolute Gasteiger partial charge is 0.411 e. The van der Waals surface area contributed by atoms with Gasteiger partial charge in [-0.15, -0.1) is 0 Å². The zero-order chi connectivity index (χ0) is 40.0. The molecule has 4 rings (SSSR count). The maximum Gasteiger partial charge on any atom is 0.411 e. The van der Waals surface area contributed by atoms with Gasteiger partial charge in [0.25, 0.3) is 0 Å². The van der Waals surface area contributed by atoms with Crippen molar-refractivity contribution < 1.29 is 29.4 Å². The fourth-order valence-electron chi connectivity index (χ4n) is 6.58. The molecule has 0 bridgehead atoms. The number of amides is 4. The molecule has 0 spiro atoms. The Labute approximate surface area is 316 Å². The number of aromatic nitrogens is 4. The number of imide groups is 2. The average Bonchev–Trinajstić information content (AvgIpc) is 3.76. The molecular weight excluding hydrogens is 688 g/mol. The first-order valence-electron chi connectivity index (χ1n) is 18.3. The maximum absolute atomic E-state index is 12.7. The molecule has 0 radical (unpaired) electrons. The van der Waals surface area contributed by atoms with E-state index >= 15 is 0 Å². The van der Waals surface area contributed by atoms with Gasteiger partial charge in [0.1, 0.15) is 11.6 Å². The Hall–Kier alpha value is -5.34. The minimum Gasteiger partial charge on any atom is -0.465 e. The highest BCUT2D eigenvalue weighted by Gasteiger charge is 2.31. The van der Waals surface area contributed by atoms with Gasteiger partial charge in [-0.3, -0.25) is 30.9 Å². The van der Waals surface area contributed by atoms with Gasteiger partial charge in [-0.05, 0) is 59.8 Å².